The Hall–Kier alpha value is -1.71. The fraction of sp³-hybridized carbons (Fsp3) is 0.533. The average molecular weight is 262 g/mol. The Morgan fingerprint density at radius 2 is 2.32 bits per heavy atom. The Bertz CT molecular complexity index is 459. The topological polar surface area (TPSA) is 55.6 Å². The first-order valence-corrected chi connectivity index (χ1v) is 6.97. The van der Waals surface area contributed by atoms with Crippen LogP contribution in [0.2, 0.25) is 0 Å². The number of carbonyl (C=O) groups is 1. The van der Waals surface area contributed by atoms with Crippen LogP contribution < -0.4 is 15.4 Å². The molecule has 1 saturated heterocycles. The normalized spacial score (nSPS) is 18.6. The number of para-hydroxylation sites is 1. The minimum absolute atomic E-state index is 0.431. The summed E-state index contributed by atoms with van der Waals surface area (Å²) in [4.78, 5) is 13.9. The molecule has 0 bridgehead atoms. The monoisotopic (exact) mass is 262 g/mol. The number of nitrogens with zero attached hydrogens (tertiary/aromatic N) is 1. The van der Waals surface area contributed by atoms with Crippen molar-refractivity contribution in [3.8, 4) is 5.75 Å². The van der Waals surface area contributed by atoms with E-state index in [1.54, 1.807) is 6.07 Å². The summed E-state index contributed by atoms with van der Waals surface area (Å²) >= 11 is 0. The van der Waals surface area contributed by atoms with Crippen molar-refractivity contribution in [2.45, 2.75) is 39.2 Å². The number of nitrogens with two attached hydrogens (primary N) is 1. The first-order chi connectivity index (χ1) is 9.15. The summed E-state index contributed by atoms with van der Waals surface area (Å²) in [5.41, 5.74) is 6.92. The molecule has 1 aliphatic heterocycles. The highest BCUT2D eigenvalue weighted by atomic mass is 16.5. The Kier molecular flexibility index (Phi) is 4.30. The van der Waals surface area contributed by atoms with E-state index in [0.29, 0.717) is 24.0 Å². The van der Waals surface area contributed by atoms with E-state index in [1.807, 2.05) is 19.1 Å². The van der Waals surface area contributed by atoms with Crippen molar-refractivity contribution in [1.29, 1.82) is 0 Å². The van der Waals surface area contributed by atoms with Gasteiger partial charge in [0.25, 0.3) is 5.91 Å². The molecule has 1 atom stereocenters. The maximum atomic E-state index is 11.6. The lowest BCUT2D eigenvalue weighted by atomic mass is 10.1. The van der Waals surface area contributed by atoms with Gasteiger partial charge in [-0.15, -0.1) is 0 Å². The number of carbonyl (C=O) groups excluding carboxylic acids is 1. The van der Waals surface area contributed by atoms with Gasteiger partial charge in [0.1, 0.15) is 0 Å². The zero-order chi connectivity index (χ0) is 13.8. The minimum atomic E-state index is -0.431. The van der Waals surface area contributed by atoms with Crippen molar-refractivity contribution in [2.75, 3.05) is 18.1 Å². The van der Waals surface area contributed by atoms with Gasteiger partial charge in [-0.05, 0) is 38.3 Å². The molecule has 0 saturated carbocycles. The van der Waals surface area contributed by atoms with Gasteiger partial charge in [-0.2, -0.15) is 0 Å². The minimum Gasteiger partial charge on any atom is -0.491 e. The molecule has 0 spiro atoms. The Morgan fingerprint density at radius 3 is 2.89 bits per heavy atom. The fourth-order valence-corrected chi connectivity index (χ4v) is 2.59. The number of ether oxygens (including phenoxy) is 1. The van der Waals surface area contributed by atoms with E-state index < -0.39 is 5.91 Å². The van der Waals surface area contributed by atoms with Crippen LogP contribution in [-0.2, 0) is 0 Å². The SMILES string of the molecule is CCCOc1c(C(N)=O)cccc1N1CCCC1C. The van der Waals surface area contributed by atoms with Crippen LogP contribution in [0.5, 0.6) is 5.75 Å². The quantitative estimate of drug-likeness (QED) is 0.887. The Morgan fingerprint density at radius 1 is 1.53 bits per heavy atom. The summed E-state index contributed by atoms with van der Waals surface area (Å²) in [6.07, 6.45) is 3.26. The predicted octanol–water partition coefficient (Wildman–Crippen LogP) is 2.56. The van der Waals surface area contributed by atoms with E-state index in [4.69, 9.17) is 10.5 Å². The molecule has 104 valence electrons. The van der Waals surface area contributed by atoms with Gasteiger partial charge in [-0.25, -0.2) is 0 Å². The highest BCUT2D eigenvalue weighted by Crippen LogP contribution is 2.36. The maximum absolute atomic E-state index is 11.6. The second-order valence-corrected chi connectivity index (χ2v) is 5.05. The summed E-state index contributed by atoms with van der Waals surface area (Å²) in [5.74, 6) is 0.213. The van der Waals surface area contributed by atoms with Crippen molar-refractivity contribution >= 4 is 11.6 Å². The van der Waals surface area contributed by atoms with Crippen molar-refractivity contribution in [3.63, 3.8) is 0 Å². The van der Waals surface area contributed by atoms with Crippen molar-refractivity contribution in [1.82, 2.24) is 0 Å². The Balaban J connectivity index is 2.40. The van der Waals surface area contributed by atoms with Crippen LogP contribution in [0.1, 0.15) is 43.5 Å². The van der Waals surface area contributed by atoms with Gasteiger partial charge < -0.3 is 15.4 Å². The predicted molar refractivity (Wildman–Crippen MR) is 76.8 cm³/mol. The molecule has 1 fully saturated rings. The van der Waals surface area contributed by atoms with E-state index in [2.05, 4.69) is 11.8 Å². The van der Waals surface area contributed by atoms with Crippen LogP contribution in [0, 0.1) is 0 Å². The molecule has 1 amide bonds. The third-order valence-electron chi connectivity index (χ3n) is 3.57. The van der Waals surface area contributed by atoms with Crippen molar-refractivity contribution < 1.29 is 9.53 Å². The standard InChI is InChI=1S/C15H22N2O2/c1-3-10-19-14-12(15(16)18)7-4-8-13(14)17-9-5-6-11(17)2/h4,7-8,11H,3,5-6,9-10H2,1-2H3,(H2,16,18). The molecule has 4 heteroatoms. The third-order valence-corrected chi connectivity index (χ3v) is 3.57. The molecule has 1 aromatic carbocycles. The van der Waals surface area contributed by atoms with Gasteiger partial charge in [0.15, 0.2) is 5.75 Å². The number of anilines is 1. The zero-order valence-corrected chi connectivity index (χ0v) is 11.7. The molecule has 4 nitrogen and oxygen atoms in total. The molecule has 1 unspecified atom stereocenters. The average Bonchev–Trinajstić information content (AvgIpc) is 2.82. The highest BCUT2D eigenvalue weighted by molar-refractivity contribution is 5.97. The smallest absolute Gasteiger partial charge is 0.252 e. The first kappa shape index (κ1) is 13.7. The molecule has 1 aromatic rings. The molecule has 2 N–H and O–H groups in total. The number of hydrogen-bond acceptors (Lipinski definition) is 3. The number of hydrogen-bond donors (Lipinski definition) is 1. The second-order valence-electron chi connectivity index (χ2n) is 5.05. The van der Waals surface area contributed by atoms with Crippen LogP contribution in [0.4, 0.5) is 5.69 Å². The number of benzene rings is 1. The van der Waals surface area contributed by atoms with Gasteiger partial charge in [-0.1, -0.05) is 13.0 Å². The maximum Gasteiger partial charge on any atom is 0.252 e. The highest BCUT2D eigenvalue weighted by Gasteiger charge is 2.25. The van der Waals surface area contributed by atoms with Gasteiger partial charge in [0, 0.05) is 12.6 Å². The largest absolute Gasteiger partial charge is 0.491 e. The van der Waals surface area contributed by atoms with Crippen LogP contribution in [0.15, 0.2) is 18.2 Å². The summed E-state index contributed by atoms with van der Waals surface area (Å²) in [7, 11) is 0. The number of primary amides is 1. The lowest BCUT2D eigenvalue weighted by Gasteiger charge is -2.27. The summed E-state index contributed by atoms with van der Waals surface area (Å²) in [5, 5.41) is 0. The summed E-state index contributed by atoms with van der Waals surface area (Å²) in [6, 6.07) is 6.10. The van der Waals surface area contributed by atoms with E-state index >= 15 is 0 Å². The van der Waals surface area contributed by atoms with Gasteiger partial charge >= 0.3 is 0 Å². The van der Waals surface area contributed by atoms with Gasteiger partial charge in [0.05, 0.1) is 17.9 Å². The first-order valence-electron chi connectivity index (χ1n) is 6.97. The van der Waals surface area contributed by atoms with Crippen LogP contribution in [0.3, 0.4) is 0 Å². The lowest BCUT2D eigenvalue weighted by Crippen LogP contribution is -2.27. The van der Waals surface area contributed by atoms with Gasteiger partial charge in [-0.3, -0.25) is 4.79 Å². The molecule has 0 aliphatic carbocycles. The molecule has 0 aromatic heterocycles. The van der Waals surface area contributed by atoms with Crippen molar-refractivity contribution in [3.05, 3.63) is 23.8 Å². The molecular formula is C15H22N2O2. The summed E-state index contributed by atoms with van der Waals surface area (Å²) in [6.45, 7) is 5.85. The van der Waals surface area contributed by atoms with E-state index in [0.717, 1.165) is 18.7 Å². The molecule has 2 rings (SSSR count). The van der Waals surface area contributed by atoms with Gasteiger partial charge in [0.2, 0.25) is 0 Å². The molecule has 19 heavy (non-hydrogen) atoms. The molecule has 1 aliphatic rings. The van der Waals surface area contributed by atoms with Crippen LogP contribution in [0.25, 0.3) is 0 Å². The van der Waals surface area contributed by atoms with E-state index in [-0.39, 0.29) is 0 Å². The van der Waals surface area contributed by atoms with Crippen LogP contribution in [-0.4, -0.2) is 25.1 Å². The molecule has 1 heterocycles. The van der Waals surface area contributed by atoms with E-state index in [9.17, 15) is 4.79 Å². The molecule has 0 radical (unpaired) electrons. The number of rotatable bonds is 5. The van der Waals surface area contributed by atoms with E-state index in [1.165, 1.54) is 12.8 Å². The lowest BCUT2D eigenvalue weighted by molar-refractivity contribution is 0.0996. The fourth-order valence-electron chi connectivity index (χ4n) is 2.59. The number of amides is 1. The van der Waals surface area contributed by atoms with Crippen LogP contribution >= 0.6 is 0 Å². The van der Waals surface area contributed by atoms with Crippen molar-refractivity contribution in [2.24, 2.45) is 5.73 Å². The Labute approximate surface area is 114 Å². The summed E-state index contributed by atoms with van der Waals surface area (Å²) < 4.78 is 5.80. The zero-order valence-electron chi connectivity index (χ0n) is 11.7. The third kappa shape index (κ3) is 2.83. The second kappa shape index (κ2) is 5.95. The molecular weight excluding hydrogens is 240 g/mol.